The maximum atomic E-state index is 13.7. The number of carbonyl (C=O) groups excluding carboxylic acids is 2. The standard InChI is InChI=1S/C24H20Cl2N4O6/c1-27-19(32)23(25)11-16-15(18(24(23,26)20(27)33)17-8-7-14(12-31)36-17)9-10-28-21(34)29(22(35)30(16)28)13-5-3-2-4-6-13/h2-9,16,18,31H,10-12H2,1H3/t16-,18-,23-,24+/m1/s1. The van der Waals surface area contributed by atoms with Crippen molar-refractivity contribution >= 4 is 35.0 Å². The number of hydrogen-bond acceptors (Lipinski definition) is 6. The van der Waals surface area contributed by atoms with Crippen LogP contribution >= 0.6 is 23.2 Å². The molecule has 3 aliphatic rings. The molecule has 2 aromatic heterocycles. The van der Waals surface area contributed by atoms with Gasteiger partial charge < -0.3 is 9.52 Å². The Morgan fingerprint density at radius 1 is 1.03 bits per heavy atom. The number of furan rings is 1. The van der Waals surface area contributed by atoms with E-state index >= 15 is 0 Å². The predicted octanol–water partition coefficient (Wildman–Crippen LogP) is 1.51. The number of allylic oxidation sites excluding steroid dienone is 2. The smallest absolute Gasteiger partial charge is 0.352 e. The summed E-state index contributed by atoms with van der Waals surface area (Å²) >= 11 is 14.0. The van der Waals surface area contributed by atoms with Crippen molar-refractivity contribution in [1.29, 1.82) is 0 Å². The molecule has 0 bridgehead atoms. The van der Waals surface area contributed by atoms with Crippen LogP contribution in [-0.4, -0.2) is 52.5 Å². The van der Waals surface area contributed by atoms with E-state index in [1.165, 1.54) is 22.5 Å². The number of rotatable bonds is 3. The van der Waals surface area contributed by atoms with Gasteiger partial charge in [-0.1, -0.05) is 24.3 Å². The van der Waals surface area contributed by atoms with Crippen LogP contribution in [-0.2, 0) is 22.7 Å². The van der Waals surface area contributed by atoms with Gasteiger partial charge in [-0.15, -0.1) is 23.2 Å². The van der Waals surface area contributed by atoms with E-state index in [0.29, 0.717) is 11.3 Å². The van der Waals surface area contributed by atoms with Gasteiger partial charge in [0.05, 0.1) is 24.2 Å². The van der Waals surface area contributed by atoms with Crippen LogP contribution in [0.2, 0.25) is 0 Å². The summed E-state index contributed by atoms with van der Waals surface area (Å²) in [4.78, 5) is 50.7. The summed E-state index contributed by atoms with van der Waals surface area (Å²) in [6, 6.07) is 10.7. The fourth-order valence-corrected chi connectivity index (χ4v) is 6.73. The molecular formula is C24H20Cl2N4O6. The number of nitrogens with zero attached hydrogens (tertiary/aromatic N) is 4. The first-order chi connectivity index (χ1) is 17.1. The lowest BCUT2D eigenvalue weighted by Gasteiger charge is -2.48. The highest BCUT2D eigenvalue weighted by atomic mass is 35.5. The van der Waals surface area contributed by atoms with Crippen molar-refractivity contribution in [2.45, 2.75) is 41.3 Å². The monoisotopic (exact) mass is 530 g/mol. The maximum Gasteiger partial charge on any atom is 0.352 e. The maximum absolute atomic E-state index is 13.7. The molecule has 0 spiro atoms. The van der Waals surface area contributed by atoms with Crippen LogP contribution in [0.15, 0.2) is 68.1 Å². The molecule has 4 atom stereocenters. The fraction of sp³-hybridized carbons (Fsp3) is 0.333. The van der Waals surface area contributed by atoms with Gasteiger partial charge in [-0.05, 0) is 29.8 Å². The number of amides is 2. The van der Waals surface area contributed by atoms with Gasteiger partial charge in [-0.2, -0.15) is 0 Å². The van der Waals surface area contributed by atoms with E-state index in [2.05, 4.69) is 0 Å². The van der Waals surface area contributed by atoms with Crippen molar-refractivity contribution in [3.05, 3.63) is 86.6 Å². The molecule has 2 aliphatic heterocycles. The number of imide groups is 1. The molecule has 1 aliphatic carbocycles. The third kappa shape index (κ3) is 2.66. The minimum atomic E-state index is -1.94. The molecule has 1 aromatic carbocycles. The lowest BCUT2D eigenvalue weighted by molar-refractivity contribution is -0.137. The predicted molar refractivity (Wildman–Crippen MR) is 128 cm³/mol. The minimum absolute atomic E-state index is 0.0318. The summed E-state index contributed by atoms with van der Waals surface area (Å²) in [5.74, 6) is -1.96. The van der Waals surface area contributed by atoms with Crippen molar-refractivity contribution in [3.63, 3.8) is 0 Å². The molecule has 0 unspecified atom stereocenters. The molecule has 2 fully saturated rings. The van der Waals surface area contributed by atoms with Gasteiger partial charge in [0.2, 0.25) is 0 Å². The second kappa shape index (κ2) is 7.58. The van der Waals surface area contributed by atoms with Gasteiger partial charge in [-0.3, -0.25) is 14.5 Å². The molecule has 10 nitrogen and oxygen atoms in total. The van der Waals surface area contributed by atoms with E-state index in [1.807, 2.05) is 0 Å². The topological polar surface area (TPSA) is 120 Å². The van der Waals surface area contributed by atoms with E-state index in [-0.39, 0.29) is 31.1 Å². The molecule has 3 aromatic rings. The zero-order valence-electron chi connectivity index (χ0n) is 18.9. The number of aromatic nitrogens is 3. The van der Waals surface area contributed by atoms with Crippen LogP contribution in [0.25, 0.3) is 5.69 Å². The van der Waals surface area contributed by atoms with E-state index < -0.39 is 44.9 Å². The van der Waals surface area contributed by atoms with Crippen LogP contribution in [0.5, 0.6) is 0 Å². The van der Waals surface area contributed by atoms with Gasteiger partial charge in [0.15, 0.2) is 9.75 Å². The Morgan fingerprint density at radius 3 is 2.42 bits per heavy atom. The lowest BCUT2D eigenvalue weighted by atomic mass is 9.65. The van der Waals surface area contributed by atoms with Crippen LogP contribution < -0.4 is 11.4 Å². The molecular weight excluding hydrogens is 511 g/mol. The van der Waals surface area contributed by atoms with Gasteiger partial charge in [0.25, 0.3) is 11.8 Å². The van der Waals surface area contributed by atoms with Crippen molar-refractivity contribution in [3.8, 4) is 5.69 Å². The molecule has 36 heavy (non-hydrogen) atoms. The number of aliphatic hydroxyl groups is 1. The Kier molecular flexibility index (Phi) is 4.86. The van der Waals surface area contributed by atoms with Crippen molar-refractivity contribution in [2.24, 2.45) is 0 Å². The average molecular weight is 531 g/mol. The number of likely N-dealkylation sites (tertiary alicyclic amines) is 1. The Morgan fingerprint density at radius 2 is 1.75 bits per heavy atom. The SMILES string of the molecule is CN1C(=O)[C@]2(Cl)C[C@@H]3C(=CCn4c(=O)n(-c5ccccc5)c(=O)n43)[C@H](c3ccc(CO)o3)[C@]2(Cl)C1=O. The Labute approximate surface area is 213 Å². The molecule has 1 saturated heterocycles. The number of para-hydroxylation sites is 1. The minimum Gasteiger partial charge on any atom is -0.463 e. The van der Waals surface area contributed by atoms with Crippen molar-refractivity contribution in [2.75, 3.05) is 7.05 Å². The highest BCUT2D eigenvalue weighted by Crippen LogP contribution is 2.63. The van der Waals surface area contributed by atoms with Crippen molar-refractivity contribution in [1.82, 2.24) is 18.8 Å². The third-order valence-corrected chi connectivity index (χ3v) is 8.83. The largest absolute Gasteiger partial charge is 0.463 e. The van der Waals surface area contributed by atoms with Crippen LogP contribution in [0.3, 0.4) is 0 Å². The van der Waals surface area contributed by atoms with Gasteiger partial charge >= 0.3 is 11.4 Å². The Hall–Kier alpha value is -3.34. The number of fused-ring (bicyclic) bond motifs is 4. The molecule has 186 valence electrons. The number of halogens is 2. The average Bonchev–Trinajstić information content (AvgIpc) is 3.49. The van der Waals surface area contributed by atoms with E-state index in [9.17, 15) is 24.3 Å². The third-order valence-electron chi connectivity index (χ3n) is 7.42. The second-order valence-electron chi connectivity index (χ2n) is 9.16. The summed E-state index contributed by atoms with van der Waals surface area (Å²) in [7, 11) is 1.31. The number of hydrogen-bond donors (Lipinski definition) is 1. The second-order valence-corrected chi connectivity index (χ2v) is 10.4. The highest BCUT2D eigenvalue weighted by Gasteiger charge is 2.75. The molecule has 4 heterocycles. The van der Waals surface area contributed by atoms with Gasteiger partial charge in [-0.25, -0.2) is 23.5 Å². The van der Waals surface area contributed by atoms with Crippen LogP contribution in [0, 0.1) is 0 Å². The molecule has 2 amide bonds. The molecule has 1 N–H and O–H groups in total. The number of alkyl halides is 2. The summed E-state index contributed by atoms with van der Waals surface area (Å²) in [5, 5.41) is 9.55. The summed E-state index contributed by atoms with van der Waals surface area (Å²) in [5.41, 5.74) is -0.225. The first-order valence-electron chi connectivity index (χ1n) is 11.2. The Balaban J connectivity index is 1.60. The number of carbonyl (C=O) groups is 2. The summed E-state index contributed by atoms with van der Waals surface area (Å²) in [6.45, 7) is -0.355. The summed E-state index contributed by atoms with van der Waals surface area (Å²) < 4.78 is 9.42. The van der Waals surface area contributed by atoms with E-state index in [1.54, 1.807) is 42.5 Å². The fourth-order valence-electron chi connectivity index (χ4n) is 5.75. The molecule has 6 rings (SSSR count). The number of aliphatic hydroxyl groups excluding tert-OH is 1. The lowest BCUT2D eigenvalue weighted by Crippen LogP contribution is -2.59. The van der Waals surface area contributed by atoms with Crippen molar-refractivity contribution < 1.29 is 19.1 Å². The van der Waals surface area contributed by atoms with E-state index in [4.69, 9.17) is 27.6 Å². The summed E-state index contributed by atoms with van der Waals surface area (Å²) in [6.07, 6.45) is 1.53. The zero-order valence-corrected chi connectivity index (χ0v) is 20.4. The van der Waals surface area contributed by atoms with Gasteiger partial charge in [0, 0.05) is 13.5 Å². The quantitative estimate of drug-likeness (QED) is 0.311. The normalized spacial score (nSPS) is 29.1. The molecule has 12 heteroatoms. The zero-order chi connectivity index (χ0) is 25.6. The van der Waals surface area contributed by atoms with E-state index in [0.717, 1.165) is 9.47 Å². The molecule has 0 radical (unpaired) electrons. The highest BCUT2D eigenvalue weighted by molar-refractivity contribution is 6.53. The first kappa shape index (κ1) is 23.1. The van der Waals surface area contributed by atoms with Gasteiger partial charge in [0.1, 0.15) is 18.1 Å². The Bertz CT molecular complexity index is 1580. The first-order valence-corrected chi connectivity index (χ1v) is 12.0. The van der Waals surface area contributed by atoms with Crippen LogP contribution in [0.1, 0.15) is 29.9 Å². The molecule has 1 saturated carbocycles. The van der Waals surface area contributed by atoms with Crippen LogP contribution in [0.4, 0.5) is 0 Å². The number of benzene rings is 1.